The lowest BCUT2D eigenvalue weighted by Gasteiger charge is -2.19. The largest absolute Gasteiger partial charge is 0.416 e. The van der Waals surface area contributed by atoms with Gasteiger partial charge >= 0.3 is 12.4 Å². The Morgan fingerprint density at radius 1 is 0.267 bits per heavy atom. The maximum atomic E-state index is 13.8. The van der Waals surface area contributed by atoms with Crippen LogP contribution in [0.25, 0.3) is 119 Å². The van der Waals surface area contributed by atoms with Crippen LogP contribution in [0.5, 0.6) is 0 Å². The minimum absolute atomic E-state index is 0.682. The van der Waals surface area contributed by atoms with E-state index in [0.717, 1.165) is 155 Å². The molecule has 0 saturated heterocycles. The maximum Gasteiger partial charge on any atom is 0.416 e. The summed E-state index contributed by atoms with van der Waals surface area (Å²) in [5, 5.41) is 19.3. The van der Waals surface area contributed by atoms with E-state index in [1.165, 1.54) is 0 Å². The first-order valence-corrected chi connectivity index (χ1v) is 20.0. The van der Waals surface area contributed by atoms with Crippen molar-refractivity contribution in [2.45, 2.75) is 40.0 Å². The first kappa shape index (κ1) is 35.3. The van der Waals surface area contributed by atoms with Gasteiger partial charge in [-0.1, -0.05) is 72.8 Å². The Morgan fingerprint density at radius 2 is 0.500 bits per heavy atom. The van der Waals surface area contributed by atoms with E-state index in [4.69, 9.17) is 0 Å². The normalized spacial score (nSPS) is 13.2. The molecule has 0 heterocycles. The fraction of sp³-hybridized carbons (Fsp3) is 0.111. The smallest absolute Gasteiger partial charge is 0.166 e. The summed E-state index contributed by atoms with van der Waals surface area (Å²) in [4.78, 5) is 0. The van der Waals surface area contributed by atoms with Crippen molar-refractivity contribution < 1.29 is 26.3 Å². The molecule has 0 radical (unpaired) electrons. The molecule has 0 atom stereocenters. The molecule has 60 heavy (non-hydrogen) atoms. The zero-order valence-corrected chi connectivity index (χ0v) is 32.8. The highest BCUT2D eigenvalue weighted by Crippen LogP contribution is 2.55. The Morgan fingerprint density at radius 3 is 0.733 bits per heavy atom. The molecule has 0 amide bonds. The van der Waals surface area contributed by atoms with Crippen LogP contribution < -0.4 is 0 Å². The average molecular weight is 795 g/mol. The summed E-state index contributed by atoms with van der Waals surface area (Å²) < 4.78 is 83.1. The average Bonchev–Trinajstić information content (AvgIpc) is 3.70. The lowest BCUT2D eigenvalue weighted by atomic mass is 9.83. The molecule has 0 spiro atoms. The van der Waals surface area contributed by atoms with Gasteiger partial charge in [0.05, 0.1) is 11.1 Å². The molecule has 0 aliphatic rings. The van der Waals surface area contributed by atoms with E-state index in [1.807, 2.05) is 0 Å². The van der Waals surface area contributed by atoms with Crippen LogP contribution in [-0.4, -0.2) is 0 Å². The number of fused-ring (bicyclic) bond motifs is 10. The van der Waals surface area contributed by atoms with Crippen LogP contribution in [0.4, 0.5) is 26.3 Å². The summed E-state index contributed by atoms with van der Waals surface area (Å²) in [6, 6.07) is 37.3. The summed E-state index contributed by atoms with van der Waals surface area (Å²) in [6.07, 6.45) is -8.93. The second kappa shape index (κ2) is 11.5. The Labute approximate surface area is 339 Å². The van der Waals surface area contributed by atoms with Crippen molar-refractivity contribution in [3.63, 3.8) is 0 Å². The molecule has 0 aliphatic heterocycles. The minimum atomic E-state index is -4.46. The molecule has 12 rings (SSSR count). The van der Waals surface area contributed by atoms with Crippen molar-refractivity contribution in [2.24, 2.45) is 0 Å². The molecule has 0 fully saturated rings. The van der Waals surface area contributed by atoms with Gasteiger partial charge in [0, 0.05) is 0 Å². The zero-order chi connectivity index (χ0) is 41.3. The van der Waals surface area contributed by atoms with Crippen LogP contribution in [0.2, 0.25) is 0 Å². The fourth-order valence-electron chi connectivity index (χ4n) is 10.7. The quantitative estimate of drug-likeness (QED) is 0.121. The number of hydrogen-bond acceptors (Lipinski definition) is 0. The lowest BCUT2D eigenvalue weighted by Crippen LogP contribution is -2.04. The minimum Gasteiger partial charge on any atom is -0.166 e. The molecule has 6 heteroatoms. The highest BCUT2D eigenvalue weighted by Gasteiger charge is 2.32. The van der Waals surface area contributed by atoms with E-state index in [2.05, 4.69) is 100 Å². The highest BCUT2D eigenvalue weighted by atomic mass is 19.4. The number of aryl methyl sites for hydroxylation is 4. The van der Waals surface area contributed by atoms with Crippen LogP contribution in [-0.2, 0) is 12.4 Å². The van der Waals surface area contributed by atoms with Crippen LogP contribution in [0.15, 0.2) is 121 Å². The standard InChI is InChI=1S/C54H32F6/c1-25-13-33-14-26(2)18-38-45(33)37(17-25)47-41-21-31(29-5-9-35(10-6-29)53(55,56)57)23-43-49-39-19-27(3)15-34-16-28(4)20-40(46(34)39)50(49)44-24-32(22-42(48(38)47)52(44)51(41)43)30-7-11-36(12-8-30)54(58,59)60/h5-24H,1-4H3. The van der Waals surface area contributed by atoms with Gasteiger partial charge in [-0.2, -0.15) is 26.3 Å². The van der Waals surface area contributed by atoms with E-state index < -0.39 is 23.5 Å². The number of halogens is 6. The van der Waals surface area contributed by atoms with Gasteiger partial charge in [-0.25, -0.2) is 0 Å². The van der Waals surface area contributed by atoms with Crippen molar-refractivity contribution in [3.05, 3.63) is 155 Å². The van der Waals surface area contributed by atoms with E-state index >= 15 is 0 Å². The predicted octanol–water partition coefficient (Wildman–Crippen LogP) is 17.0. The van der Waals surface area contributed by atoms with Crippen LogP contribution in [0.3, 0.4) is 0 Å². The van der Waals surface area contributed by atoms with Gasteiger partial charge in [-0.3, -0.25) is 0 Å². The van der Waals surface area contributed by atoms with E-state index in [9.17, 15) is 26.3 Å². The molecule has 0 N–H and O–H groups in total. The van der Waals surface area contributed by atoms with Crippen LogP contribution in [0, 0.1) is 27.7 Å². The molecule has 12 aromatic carbocycles. The third-order valence-corrected chi connectivity index (χ3v) is 12.9. The molecular weight excluding hydrogens is 763 g/mol. The van der Waals surface area contributed by atoms with E-state index in [-0.39, 0.29) is 0 Å². The van der Waals surface area contributed by atoms with Gasteiger partial charge in [-0.05, 0) is 218 Å². The van der Waals surface area contributed by atoms with Crippen LogP contribution >= 0.6 is 0 Å². The monoisotopic (exact) mass is 794 g/mol. The highest BCUT2D eigenvalue weighted by molar-refractivity contribution is 6.52. The van der Waals surface area contributed by atoms with Gasteiger partial charge in [0.15, 0.2) is 0 Å². The van der Waals surface area contributed by atoms with Gasteiger partial charge in [0.2, 0.25) is 0 Å². The van der Waals surface area contributed by atoms with Gasteiger partial charge in [0.25, 0.3) is 0 Å². The lowest BCUT2D eigenvalue weighted by molar-refractivity contribution is -0.138. The second-order valence-electron chi connectivity index (χ2n) is 17.0. The summed E-state index contributed by atoms with van der Waals surface area (Å²) >= 11 is 0. The van der Waals surface area contributed by atoms with Crippen LogP contribution in [0.1, 0.15) is 33.4 Å². The Hall–Kier alpha value is -6.66. The summed E-state index contributed by atoms with van der Waals surface area (Å²) in [7, 11) is 0. The second-order valence-corrected chi connectivity index (χ2v) is 17.0. The topological polar surface area (TPSA) is 0 Å². The predicted molar refractivity (Wildman–Crippen MR) is 237 cm³/mol. The van der Waals surface area contributed by atoms with E-state index in [1.54, 1.807) is 24.3 Å². The third-order valence-electron chi connectivity index (χ3n) is 12.9. The molecule has 290 valence electrons. The number of hydrogen-bond donors (Lipinski definition) is 0. The molecular formula is C54H32F6. The van der Waals surface area contributed by atoms with Crippen molar-refractivity contribution in [2.75, 3.05) is 0 Å². The molecule has 0 unspecified atom stereocenters. The molecule has 0 nitrogen and oxygen atoms in total. The number of rotatable bonds is 2. The van der Waals surface area contributed by atoms with Crippen molar-refractivity contribution in [3.8, 4) is 22.3 Å². The molecule has 12 aromatic rings. The molecule has 0 saturated carbocycles. The van der Waals surface area contributed by atoms with Crippen molar-refractivity contribution in [1.29, 1.82) is 0 Å². The Kier molecular flexibility index (Phi) is 6.79. The molecule has 0 aliphatic carbocycles. The number of alkyl halides is 6. The van der Waals surface area contributed by atoms with E-state index in [0.29, 0.717) is 11.1 Å². The molecule has 0 bridgehead atoms. The summed E-state index contributed by atoms with van der Waals surface area (Å²) in [5.74, 6) is 0. The third kappa shape index (κ3) is 4.76. The summed E-state index contributed by atoms with van der Waals surface area (Å²) in [5.41, 5.74) is 6.02. The van der Waals surface area contributed by atoms with Gasteiger partial charge < -0.3 is 0 Å². The first-order valence-electron chi connectivity index (χ1n) is 20.0. The zero-order valence-electron chi connectivity index (χ0n) is 32.8. The SMILES string of the molecule is Cc1cc2cc(C)cc3c2c(c1)c1c2cc(-c4ccc(C(F)(F)F)cc4)cc4c5c6cc(C)cc7cc(C)cc(c76)c5c5cc(-c6ccc(C(F)(F)F)cc6)cc(c31)c5c24. The maximum absolute atomic E-state index is 13.8. The molecule has 0 aromatic heterocycles. The first-order chi connectivity index (χ1) is 28.6. The summed E-state index contributed by atoms with van der Waals surface area (Å²) in [6.45, 7) is 8.39. The Bertz CT molecular complexity index is 3360. The van der Waals surface area contributed by atoms with Crippen molar-refractivity contribution >= 4 is 97.0 Å². The van der Waals surface area contributed by atoms with Gasteiger partial charge in [0.1, 0.15) is 0 Å². The van der Waals surface area contributed by atoms with Gasteiger partial charge in [-0.15, -0.1) is 0 Å². The Balaban J connectivity index is 1.38. The number of benzene rings is 10. The fourth-order valence-corrected chi connectivity index (χ4v) is 10.7. The van der Waals surface area contributed by atoms with Crippen molar-refractivity contribution in [1.82, 2.24) is 0 Å².